The number of hydrogen-bond donors (Lipinski definition) is 3. The second-order valence-corrected chi connectivity index (χ2v) is 16.1. The summed E-state index contributed by atoms with van der Waals surface area (Å²) in [6, 6.07) is 3.17. The van der Waals surface area contributed by atoms with Gasteiger partial charge in [0.05, 0.1) is 6.42 Å². The lowest BCUT2D eigenvalue weighted by molar-refractivity contribution is -0.137. The normalized spacial score (nSPS) is 20.2. The first-order valence-electron chi connectivity index (χ1n) is 18.9. The second kappa shape index (κ2) is 19.6. The number of nitrogens with two attached hydrogens (primary N) is 3. The molecule has 9 heteroatoms. The molecule has 0 heterocycles. The lowest BCUT2D eigenvalue weighted by Gasteiger charge is -2.35. The van der Waals surface area contributed by atoms with Crippen LogP contribution in [0.5, 0.6) is 17.2 Å². The minimum absolute atomic E-state index is 0.00908. The van der Waals surface area contributed by atoms with Crippen molar-refractivity contribution < 1.29 is 28.6 Å². The van der Waals surface area contributed by atoms with Gasteiger partial charge in [-0.05, 0) is 107 Å². The molecule has 6 N–H and O–H groups in total. The molecule has 50 heavy (non-hydrogen) atoms. The highest BCUT2D eigenvalue weighted by molar-refractivity contribution is 5.78. The third-order valence-electron chi connectivity index (χ3n) is 10.5. The molecule has 0 amide bonds. The fourth-order valence-corrected chi connectivity index (χ4v) is 7.93. The van der Waals surface area contributed by atoms with Gasteiger partial charge >= 0.3 is 17.9 Å². The standard InChI is InChI=1S/C41H65N3O6/c1-26(2)15-30(23-42)18-37(45)48-32-20-35(49-38(46)19-31(24-43)16-27(3)4)40(34-17-29(7)11-12-33(34)28(5)6)36(21-32)50-39(47)22-41(25-44)13-9-8-10-14-41/h17,20-21,26-27,30-31,33-34H,5,8-16,18-19,22-25,42-44H2,1-4,6-7H3/t30-,31-,33-,34+/m0/s1. The van der Waals surface area contributed by atoms with E-state index >= 15 is 0 Å². The molecule has 9 nitrogen and oxygen atoms in total. The Hall–Kier alpha value is -3.01. The van der Waals surface area contributed by atoms with Gasteiger partial charge in [-0.2, -0.15) is 0 Å². The molecule has 2 aliphatic rings. The molecule has 1 aromatic rings. The zero-order valence-corrected chi connectivity index (χ0v) is 31.7. The van der Waals surface area contributed by atoms with Gasteiger partial charge in [-0.25, -0.2) is 0 Å². The van der Waals surface area contributed by atoms with Crippen LogP contribution in [0.3, 0.4) is 0 Å². The number of hydrogen-bond acceptors (Lipinski definition) is 9. The van der Waals surface area contributed by atoms with Crippen LogP contribution in [0.25, 0.3) is 0 Å². The Balaban J connectivity index is 2.14. The topological polar surface area (TPSA) is 157 Å². The summed E-state index contributed by atoms with van der Waals surface area (Å²) in [7, 11) is 0. The van der Waals surface area contributed by atoms with E-state index < -0.39 is 17.9 Å². The van der Waals surface area contributed by atoms with Crippen LogP contribution in [0.15, 0.2) is 35.9 Å². The molecular weight excluding hydrogens is 630 g/mol. The van der Waals surface area contributed by atoms with Gasteiger partial charge in [-0.3, -0.25) is 14.4 Å². The van der Waals surface area contributed by atoms with Gasteiger partial charge < -0.3 is 31.4 Å². The molecule has 0 aliphatic heterocycles. The van der Waals surface area contributed by atoms with E-state index in [0.29, 0.717) is 37.0 Å². The van der Waals surface area contributed by atoms with E-state index in [9.17, 15) is 14.4 Å². The molecule has 0 radical (unpaired) electrons. The first-order valence-corrected chi connectivity index (χ1v) is 18.9. The molecule has 0 saturated heterocycles. The van der Waals surface area contributed by atoms with Gasteiger partial charge in [0.15, 0.2) is 0 Å². The van der Waals surface area contributed by atoms with E-state index in [1.165, 1.54) is 5.57 Å². The van der Waals surface area contributed by atoms with Crippen molar-refractivity contribution >= 4 is 17.9 Å². The van der Waals surface area contributed by atoms with Crippen LogP contribution < -0.4 is 31.4 Å². The summed E-state index contributed by atoms with van der Waals surface area (Å²) in [6.45, 7) is 17.8. The van der Waals surface area contributed by atoms with E-state index in [4.69, 9.17) is 31.4 Å². The van der Waals surface area contributed by atoms with Crippen LogP contribution in [-0.4, -0.2) is 37.5 Å². The Morgan fingerprint density at radius 1 is 0.840 bits per heavy atom. The van der Waals surface area contributed by atoms with Gasteiger partial charge in [0, 0.05) is 36.5 Å². The Labute approximate surface area is 301 Å². The summed E-state index contributed by atoms with van der Waals surface area (Å²) in [4.78, 5) is 40.8. The predicted molar refractivity (Wildman–Crippen MR) is 200 cm³/mol. The Bertz CT molecular complexity index is 1350. The summed E-state index contributed by atoms with van der Waals surface area (Å²) in [5.41, 5.74) is 20.7. The fraction of sp³-hybridized carbons (Fsp3) is 0.683. The van der Waals surface area contributed by atoms with Gasteiger partial charge in [0.25, 0.3) is 0 Å². The molecule has 0 aromatic heterocycles. The van der Waals surface area contributed by atoms with E-state index in [2.05, 4.69) is 47.3 Å². The molecule has 2 aliphatic carbocycles. The van der Waals surface area contributed by atoms with Crippen LogP contribution in [0.1, 0.15) is 130 Å². The maximum absolute atomic E-state index is 13.8. The molecule has 0 bridgehead atoms. The fourth-order valence-electron chi connectivity index (χ4n) is 7.93. The highest BCUT2D eigenvalue weighted by Crippen LogP contribution is 2.49. The number of esters is 3. The summed E-state index contributed by atoms with van der Waals surface area (Å²) < 4.78 is 18.4. The number of carbonyl (C=O) groups is 3. The van der Waals surface area contributed by atoms with E-state index in [1.54, 1.807) is 12.1 Å². The Kier molecular flexibility index (Phi) is 16.2. The van der Waals surface area contributed by atoms with Crippen molar-refractivity contribution in [3.63, 3.8) is 0 Å². The summed E-state index contributed by atoms with van der Waals surface area (Å²) in [6.07, 6.45) is 10.8. The van der Waals surface area contributed by atoms with Gasteiger partial charge in [-0.15, -0.1) is 0 Å². The lowest BCUT2D eigenvalue weighted by atomic mass is 9.72. The molecule has 0 spiro atoms. The van der Waals surface area contributed by atoms with Crippen molar-refractivity contribution in [2.24, 2.45) is 52.2 Å². The van der Waals surface area contributed by atoms with Crippen molar-refractivity contribution in [3.05, 3.63) is 41.5 Å². The highest BCUT2D eigenvalue weighted by atomic mass is 16.6. The molecule has 1 saturated carbocycles. The largest absolute Gasteiger partial charge is 0.426 e. The SMILES string of the molecule is C=C(C)[C@@H]1CCC(C)=C[C@H]1c1c(OC(=O)C[C@@H](CN)CC(C)C)cc(OC(=O)C[C@@H](CN)CC(C)C)cc1OC(=O)CC1(CN)CCCCC1. The summed E-state index contributed by atoms with van der Waals surface area (Å²) in [5, 5.41) is 0. The van der Waals surface area contributed by atoms with Crippen molar-refractivity contribution in [3.8, 4) is 17.2 Å². The number of rotatable bonds is 18. The van der Waals surface area contributed by atoms with Gasteiger partial charge in [-0.1, -0.05) is 70.8 Å². The maximum Gasteiger partial charge on any atom is 0.311 e. The minimum atomic E-state index is -0.457. The third-order valence-corrected chi connectivity index (χ3v) is 10.5. The van der Waals surface area contributed by atoms with Crippen molar-refractivity contribution in [2.45, 2.75) is 125 Å². The van der Waals surface area contributed by atoms with Crippen LogP contribution in [-0.2, 0) is 14.4 Å². The molecule has 1 fully saturated rings. The first-order chi connectivity index (χ1) is 23.7. The van der Waals surface area contributed by atoms with Crippen LogP contribution in [0, 0.1) is 35.0 Å². The van der Waals surface area contributed by atoms with Crippen LogP contribution in [0.4, 0.5) is 0 Å². The van der Waals surface area contributed by atoms with Crippen molar-refractivity contribution in [1.82, 2.24) is 0 Å². The summed E-state index contributed by atoms with van der Waals surface area (Å²) >= 11 is 0. The number of carbonyl (C=O) groups excluding carboxylic acids is 3. The van der Waals surface area contributed by atoms with Crippen molar-refractivity contribution in [1.29, 1.82) is 0 Å². The van der Waals surface area contributed by atoms with Crippen LogP contribution in [0.2, 0.25) is 0 Å². The van der Waals surface area contributed by atoms with Crippen LogP contribution >= 0.6 is 0 Å². The maximum atomic E-state index is 13.8. The first kappa shape index (κ1) is 41.4. The molecule has 1 aromatic carbocycles. The van der Waals surface area contributed by atoms with Gasteiger partial charge in [0.2, 0.25) is 0 Å². The van der Waals surface area contributed by atoms with E-state index in [0.717, 1.165) is 63.4 Å². The van der Waals surface area contributed by atoms with Gasteiger partial charge in [0.1, 0.15) is 17.2 Å². The summed E-state index contributed by atoms with van der Waals surface area (Å²) in [5.74, 6) is -0.412. The quantitative estimate of drug-likeness (QED) is 0.0794. The number of benzene rings is 1. The zero-order valence-electron chi connectivity index (χ0n) is 31.7. The molecule has 0 unspecified atom stereocenters. The predicted octanol–water partition coefficient (Wildman–Crippen LogP) is 7.74. The number of ether oxygens (including phenoxy) is 3. The molecule has 3 rings (SSSR count). The number of allylic oxidation sites excluding steroid dienone is 3. The third kappa shape index (κ3) is 12.3. The molecular formula is C41H65N3O6. The zero-order chi connectivity index (χ0) is 37.0. The molecule has 280 valence electrons. The average Bonchev–Trinajstić information content (AvgIpc) is 3.03. The highest BCUT2D eigenvalue weighted by Gasteiger charge is 2.36. The monoisotopic (exact) mass is 695 g/mol. The Morgan fingerprint density at radius 2 is 1.36 bits per heavy atom. The van der Waals surface area contributed by atoms with E-state index in [-0.39, 0.29) is 65.6 Å². The smallest absolute Gasteiger partial charge is 0.311 e. The Morgan fingerprint density at radius 3 is 1.84 bits per heavy atom. The van der Waals surface area contributed by atoms with E-state index in [1.807, 2.05) is 6.92 Å². The van der Waals surface area contributed by atoms with Crippen molar-refractivity contribution in [2.75, 3.05) is 19.6 Å². The second-order valence-electron chi connectivity index (χ2n) is 16.1. The lowest BCUT2D eigenvalue weighted by Crippen LogP contribution is -2.36. The molecule has 4 atom stereocenters. The minimum Gasteiger partial charge on any atom is -0.426 e. The average molecular weight is 696 g/mol.